The van der Waals surface area contributed by atoms with Crippen molar-refractivity contribution in [3.8, 4) is 22.6 Å². The van der Waals surface area contributed by atoms with Gasteiger partial charge in [0.15, 0.2) is 0 Å². The van der Waals surface area contributed by atoms with Crippen LogP contribution in [-0.4, -0.2) is 13.2 Å². The largest absolute Gasteiger partial charge is 0.493 e. The third kappa shape index (κ3) is 7.18. The third-order valence-corrected chi connectivity index (χ3v) is 6.20. The lowest BCUT2D eigenvalue weighted by atomic mass is 10.0. The van der Waals surface area contributed by atoms with Crippen molar-refractivity contribution in [1.82, 2.24) is 0 Å². The van der Waals surface area contributed by atoms with E-state index in [0.29, 0.717) is 6.61 Å². The van der Waals surface area contributed by atoms with Crippen molar-refractivity contribution in [2.24, 2.45) is 0 Å². The maximum Gasteiger partial charge on any atom is 0.130 e. The molecule has 0 saturated heterocycles. The number of rotatable bonds is 12. The van der Waals surface area contributed by atoms with Gasteiger partial charge in [0.2, 0.25) is 0 Å². The van der Waals surface area contributed by atoms with Crippen molar-refractivity contribution in [1.29, 1.82) is 0 Å². The summed E-state index contributed by atoms with van der Waals surface area (Å²) in [6.45, 7) is 4.57. The van der Waals surface area contributed by atoms with Crippen molar-refractivity contribution in [2.75, 3.05) is 13.2 Å². The fraction of sp³-hybridized carbons (Fsp3) is 0.455. The van der Waals surface area contributed by atoms with Crippen LogP contribution in [0.15, 0.2) is 42.5 Å². The highest BCUT2D eigenvalue weighted by Gasteiger charge is 2.16. The maximum absolute atomic E-state index is 6.25. The molecule has 2 rings (SSSR count). The van der Waals surface area contributed by atoms with Gasteiger partial charge < -0.3 is 9.47 Å². The fourth-order valence-electron chi connectivity index (χ4n) is 2.86. The molecule has 0 saturated carbocycles. The van der Waals surface area contributed by atoms with E-state index >= 15 is 0 Å². The molecule has 5 heteroatoms. The van der Waals surface area contributed by atoms with E-state index in [1.165, 1.54) is 19.3 Å². The SMILES string of the molecule is CCCCCOc1ccc(-c2ccccc2P(Cl)Cl)c(OCCCCC)c1. The molecule has 0 N–H and O–H groups in total. The number of benzene rings is 2. The van der Waals surface area contributed by atoms with E-state index in [0.717, 1.165) is 53.8 Å². The van der Waals surface area contributed by atoms with Gasteiger partial charge in [0, 0.05) is 16.9 Å². The quantitative estimate of drug-likeness (QED) is 0.253. The minimum absolute atomic E-state index is 0.693. The average molecular weight is 427 g/mol. The number of hydrogen-bond donors (Lipinski definition) is 0. The van der Waals surface area contributed by atoms with Gasteiger partial charge >= 0.3 is 0 Å². The standard InChI is InChI=1S/C22H29Cl2O2P/c1-3-5-9-15-25-18-13-14-19(21(17-18)26-16-10-6-4-2)20-11-7-8-12-22(20)27(23)24/h7-8,11-14,17H,3-6,9-10,15-16H2,1-2H3. The summed E-state index contributed by atoms with van der Waals surface area (Å²) in [7, 11) is 0. The molecule has 0 bridgehead atoms. The normalized spacial score (nSPS) is 11.0. The molecule has 0 aliphatic carbocycles. The first-order chi connectivity index (χ1) is 13.2. The lowest BCUT2D eigenvalue weighted by Crippen LogP contribution is -2.04. The summed E-state index contributed by atoms with van der Waals surface area (Å²) in [5, 5.41) is 0.950. The molecule has 0 atom stereocenters. The van der Waals surface area contributed by atoms with Gasteiger partial charge in [-0.2, -0.15) is 0 Å². The summed E-state index contributed by atoms with van der Waals surface area (Å²) >= 11 is 12.5. The summed E-state index contributed by atoms with van der Waals surface area (Å²) in [5.74, 6) is 1.67. The van der Waals surface area contributed by atoms with Crippen molar-refractivity contribution < 1.29 is 9.47 Å². The highest BCUT2D eigenvalue weighted by molar-refractivity contribution is 8.09. The van der Waals surface area contributed by atoms with E-state index in [1.54, 1.807) is 0 Å². The number of hydrogen-bond acceptors (Lipinski definition) is 2. The minimum Gasteiger partial charge on any atom is -0.493 e. The predicted molar refractivity (Wildman–Crippen MR) is 120 cm³/mol. The Morgan fingerprint density at radius 1 is 0.778 bits per heavy atom. The molecule has 0 spiro atoms. The van der Waals surface area contributed by atoms with Crippen LogP contribution in [0.2, 0.25) is 0 Å². The summed E-state index contributed by atoms with van der Waals surface area (Å²) in [4.78, 5) is 0. The van der Waals surface area contributed by atoms with Crippen LogP contribution in [0, 0.1) is 0 Å². The molecule has 0 heterocycles. The van der Waals surface area contributed by atoms with E-state index in [4.69, 9.17) is 32.0 Å². The monoisotopic (exact) mass is 426 g/mol. The maximum atomic E-state index is 6.25. The highest BCUT2D eigenvalue weighted by atomic mass is 35.9. The Bertz CT molecular complexity index is 692. The second kappa shape index (κ2) is 12.5. The Kier molecular flexibility index (Phi) is 10.3. The molecule has 0 aliphatic rings. The predicted octanol–water partition coefficient (Wildman–Crippen LogP) is 7.91. The molecule has 0 aliphatic heterocycles. The van der Waals surface area contributed by atoms with E-state index in [9.17, 15) is 0 Å². The Hall–Kier alpha value is -0.950. The number of unbranched alkanes of at least 4 members (excludes halogenated alkanes) is 4. The zero-order chi connectivity index (χ0) is 19.5. The van der Waals surface area contributed by atoms with Crippen LogP contribution < -0.4 is 14.8 Å². The molecule has 0 aromatic heterocycles. The van der Waals surface area contributed by atoms with Crippen LogP contribution in [-0.2, 0) is 0 Å². The summed E-state index contributed by atoms with van der Waals surface area (Å²) < 4.78 is 12.1. The van der Waals surface area contributed by atoms with Crippen LogP contribution in [0.4, 0.5) is 0 Å². The Labute approximate surface area is 174 Å². The van der Waals surface area contributed by atoms with Crippen molar-refractivity contribution in [3.05, 3.63) is 42.5 Å². The molecule has 148 valence electrons. The van der Waals surface area contributed by atoms with E-state index in [-0.39, 0.29) is 0 Å². The molecular weight excluding hydrogens is 398 g/mol. The molecule has 2 aromatic carbocycles. The van der Waals surface area contributed by atoms with Crippen LogP contribution in [0.3, 0.4) is 0 Å². The van der Waals surface area contributed by atoms with Gasteiger partial charge in [-0.05, 0) is 30.5 Å². The fourth-order valence-corrected chi connectivity index (χ4v) is 4.32. The Morgan fingerprint density at radius 3 is 2.11 bits per heavy atom. The van der Waals surface area contributed by atoms with Gasteiger partial charge in [0.25, 0.3) is 0 Å². The van der Waals surface area contributed by atoms with Crippen LogP contribution in [0.5, 0.6) is 11.5 Å². The summed E-state index contributed by atoms with van der Waals surface area (Å²) in [5.41, 5.74) is 2.04. The van der Waals surface area contributed by atoms with Gasteiger partial charge in [-0.25, -0.2) is 0 Å². The first-order valence-corrected chi connectivity index (χ1v) is 12.9. The van der Waals surface area contributed by atoms with Gasteiger partial charge in [-0.15, -0.1) is 0 Å². The molecule has 0 fully saturated rings. The van der Waals surface area contributed by atoms with Crippen molar-refractivity contribution in [2.45, 2.75) is 52.4 Å². The lowest BCUT2D eigenvalue weighted by Gasteiger charge is -2.17. The molecule has 0 unspecified atom stereocenters. The Balaban J connectivity index is 2.26. The smallest absolute Gasteiger partial charge is 0.130 e. The topological polar surface area (TPSA) is 18.5 Å². The van der Waals surface area contributed by atoms with Gasteiger partial charge in [0.05, 0.1) is 13.2 Å². The average Bonchev–Trinajstić information content (AvgIpc) is 2.69. The van der Waals surface area contributed by atoms with Crippen LogP contribution in [0.1, 0.15) is 52.4 Å². The van der Waals surface area contributed by atoms with Gasteiger partial charge in [0.1, 0.15) is 18.1 Å². The molecular formula is C22H29Cl2O2P. The second-order valence-electron chi connectivity index (χ2n) is 6.52. The van der Waals surface area contributed by atoms with Crippen LogP contribution >= 0.6 is 29.1 Å². The molecule has 2 nitrogen and oxygen atoms in total. The first kappa shape index (κ1) is 22.3. The van der Waals surface area contributed by atoms with Crippen molar-refractivity contribution >= 4 is 34.4 Å². The molecule has 2 aromatic rings. The first-order valence-electron chi connectivity index (χ1n) is 9.78. The van der Waals surface area contributed by atoms with Crippen LogP contribution in [0.25, 0.3) is 11.1 Å². The molecule has 27 heavy (non-hydrogen) atoms. The minimum atomic E-state index is -1.23. The van der Waals surface area contributed by atoms with E-state index in [2.05, 4.69) is 19.9 Å². The Morgan fingerprint density at radius 2 is 1.44 bits per heavy atom. The van der Waals surface area contributed by atoms with Gasteiger partial charge in [-0.3, -0.25) is 0 Å². The third-order valence-electron chi connectivity index (χ3n) is 4.35. The lowest BCUT2D eigenvalue weighted by molar-refractivity contribution is 0.292. The van der Waals surface area contributed by atoms with Crippen molar-refractivity contribution in [3.63, 3.8) is 0 Å². The summed E-state index contributed by atoms with van der Waals surface area (Å²) in [6.07, 6.45) is 6.80. The highest BCUT2D eigenvalue weighted by Crippen LogP contribution is 2.48. The van der Waals surface area contributed by atoms with Gasteiger partial charge in [-0.1, -0.05) is 86.3 Å². The van der Waals surface area contributed by atoms with E-state index < -0.39 is 6.63 Å². The van der Waals surface area contributed by atoms with E-state index in [1.807, 2.05) is 36.4 Å². The summed E-state index contributed by atoms with van der Waals surface area (Å²) in [6, 6.07) is 14.0. The second-order valence-corrected chi connectivity index (χ2v) is 10.0. The zero-order valence-electron chi connectivity index (χ0n) is 16.2. The molecule has 0 radical (unpaired) electrons. The number of halogens is 2. The molecule has 0 amide bonds. The zero-order valence-corrected chi connectivity index (χ0v) is 18.6. The number of ether oxygens (including phenoxy) is 2.